The maximum absolute atomic E-state index is 13.7. The van der Waals surface area contributed by atoms with E-state index in [2.05, 4.69) is 10.6 Å². The van der Waals surface area contributed by atoms with E-state index in [1.54, 1.807) is 0 Å². The Morgan fingerprint density at radius 2 is 1.65 bits per heavy atom. The van der Waals surface area contributed by atoms with Gasteiger partial charge in [0.2, 0.25) is 10.0 Å². The molecule has 2 aliphatic rings. The van der Waals surface area contributed by atoms with Crippen LogP contribution in [-0.2, 0) is 14.8 Å². The number of hydrogen-bond donors (Lipinski definition) is 3. The molecule has 2 fully saturated rings. The summed E-state index contributed by atoms with van der Waals surface area (Å²) in [6, 6.07) is 8.19. The number of nitrogens with one attached hydrogen (secondary N) is 2. The lowest BCUT2D eigenvalue weighted by Crippen LogP contribution is -2.65. The van der Waals surface area contributed by atoms with E-state index in [4.69, 9.17) is 28.9 Å². The van der Waals surface area contributed by atoms with Crippen LogP contribution in [0.15, 0.2) is 47.4 Å². The molecule has 1 atom stereocenters. The number of rotatable bonds is 5. The number of carbonyl (C=O) groups is 2. The molecule has 1 heterocycles. The number of amides is 3. The Morgan fingerprint density at radius 1 is 0.973 bits per heavy atom. The van der Waals surface area contributed by atoms with Crippen LogP contribution >= 0.6 is 23.2 Å². The molecule has 37 heavy (non-hydrogen) atoms. The first-order valence-electron chi connectivity index (χ1n) is 11.9. The Morgan fingerprint density at radius 3 is 2.30 bits per heavy atom. The number of urea groups is 1. The summed E-state index contributed by atoms with van der Waals surface area (Å²) < 4.78 is 41.7. The zero-order valence-electron chi connectivity index (χ0n) is 19.9. The van der Waals surface area contributed by atoms with Crippen LogP contribution in [0.25, 0.3) is 0 Å². The second kappa shape index (κ2) is 11.5. The molecular formula is C24H28Cl2FN5O4S. The second-order valence-electron chi connectivity index (χ2n) is 9.17. The van der Waals surface area contributed by atoms with Crippen molar-refractivity contribution in [1.29, 1.82) is 0 Å². The number of carbonyl (C=O) groups excluding carboxylic acids is 2. The van der Waals surface area contributed by atoms with Gasteiger partial charge in [0, 0.05) is 30.9 Å². The summed E-state index contributed by atoms with van der Waals surface area (Å²) in [5.74, 6) is -1.09. The third-order valence-corrected chi connectivity index (χ3v) is 9.14. The first kappa shape index (κ1) is 27.6. The number of nitrogens with zero attached hydrogens (tertiary/aromatic N) is 2. The van der Waals surface area contributed by atoms with E-state index < -0.39 is 33.9 Å². The topological polar surface area (TPSA) is 125 Å². The fourth-order valence-electron chi connectivity index (χ4n) is 4.57. The van der Waals surface area contributed by atoms with Crippen LogP contribution in [0.4, 0.5) is 14.9 Å². The van der Waals surface area contributed by atoms with Gasteiger partial charge in [0.1, 0.15) is 5.82 Å². The van der Waals surface area contributed by atoms with Crippen LogP contribution in [0, 0.1) is 5.82 Å². The number of anilines is 1. The Bertz CT molecular complexity index is 1260. The van der Waals surface area contributed by atoms with E-state index in [-0.39, 0.29) is 40.1 Å². The van der Waals surface area contributed by atoms with Crippen molar-refractivity contribution in [2.45, 2.75) is 55.2 Å². The summed E-state index contributed by atoms with van der Waals surface area (Å²) >= 11 is 12.0. The minimum Gasteiger partial charge on any atom is -0.350 e. The van der Waals surface area contributed by atoms with Crippen molar-refractivity contribution in [3.63, 3.8) is 0 Å². The molecule has 1 unspecified atom stereocenters. The zero-order valence-corrected chi connectivity index (χ0v) is 22.2. The molecule has 0 bridgehead atoms. The van der Waals surface area contributed by atoms with Crippen molar-refractivity contribution >= 4 is 50.9 Å². The Balaban J connectivity index is 1.65. The summed E-state index contributed by atoms with van der Waals surface area (Å²) in [5.41, 5.74) is 6.28. The summed E-state index contributed by atoms with van der Waals surface area (Å²) in [6.45, 7) is 0.143. The lowest BCUT2D eigenvalue weighted by atomic mass is 9.92. The van der Waals surface area contributed by atoms with Crippen molar-refractivity contribution in [2.24, 2.45) is 5.73 Å². The van der Waals surface area contributed by atoms with Crippen LogP contribution in [-0.4, -0.2) is 60.9 Å². The molecule has 1 aliphatic heterocycles. The monoisotopic (exact) mass is 571 g/mol. The lowest BCUT2D eigenvalue weighted by Gasteiger charge is -2.42. The largest absolute Gasteiger partial charge is 0.350 e. The Labute approximate surface area is 225 Å². The number of hydrogen-bond acceptors (Lipinski definition) is 5. The first-order chi connectivity index (χ1) is 17.6. The van der Waals surface area contributed by atoms with Crippen molar-refractivity contribution in [1.82, 2.24) is 14.5 Å². The van der Waals surface area contributed by atoms with Gasteiger partial charge >= 0.3 is 6.03 Å². The highest BCUT2D eigenvalue weighted by molar-refractivity contribution is 7.89. The van der Waals surface area contributed by atoms with Crippen LogP contribution in [0.5, 0.6) is 0 Å². The van der Waals surface area contributed by atoms with Crippen LogP contribution in [0.1, 0.15) is 32.1 Å². The molecule has 9 nitrogen and oxygen atoms in total. The number of halogens is 3. The highest BCUT2D eigenvalue weighted by Crippen LogP contribution is 2.30. The maximum atomic E-state index is 13.7. The van der Waals surface area contributed by atoms with E-state index >= 15 is 0 Å². The van der Waals surface area contributed by atoms with Gasteiger partial charge < -0.3 is 16.4 Å². The summed E-state index contributed by atoms with van der Waals surface area (Å²) in [6.07, 6.45) is 1.61. The summed E-state index contributed by atoms with van der Waals surface area (Å²) in [5, 5.41) is 5.78. The molecule has 0 spiro atoms. The molecule has 1 saturated carbocycles. The fourth-order valence-corrected chi connectivity index (χ4v) is 6.56. The van der Waals surface area contributed by atoms with Crippen molar-refractivity contribution < 1.29 is 22.4 Å². The molecule has 2 aromatic rings. The SMILES string of the molecule is NC1CCC(NC(=O)C2N(C(=O)Nc3ccc(F)cc3)CCCN2S(=O)(=O)c2ccc(Cl)c(Cl)c2)CC1. The summed E-state index contributed by atoms with van der Waals surface area (Å²) in [4.78, 5) is 27.9. The van der Waals surface area contributed by atoms with E-state index in [1.165, 1.54) is 47.4 Å². The molecule has 13 heteroatoms. The third kappa shape index (κ3) is 6.35. The van der Waals surface area contributed by atoms with Gasteiger partial charge in [-0.15, -0.1) is 0 Å². The van der Waals surface area contributed by atoms with E-state index in [9.17, 15) is 22.4 Å². The van der Waals surface area contributed by atoms with Crippen molar-refractivity contribution in [3.05, 3.63) is 58.3 Å². The predicted molar refractivity (Wildman–Crippen MR) is 139 cm³/mol. The molecular weight excluding hydrogens is 544 g/mol. The number of nitrogens with two attached hydrogens (primary N) is 1. The molecule has 2 aromatic carbocycles. The Hall–Kier alpha value is -2.44. The summed E-state index contributed by atoms with van der Waals surface area (Å²) in [7, 11) is -4.25. The average Bonchev–Trinajstić information content (AvgIpc) is 2.87. The predicted octanol–water partition coefficient (Wildman–Crippen LogP) is 3.77. The Kier molecular flexibility index (Phi) is 8.59. The van der Waals surface area contributed by atoms with Crippen molar-refractivity contribution in [2.75, 3.05) is 18.4 Å². The van der Waals surface area contributed by atoms with Crippen molar-refractivity contribution in [3.8, 4) is 0 Å². The zero-order chi connectivity index (χ0) is 26.7. The van der Waals surface area contributed by atoms with Crippen LogP contribution in [0.3, 0.4) is 0 Å². The molecule has 4 rings (SSSR count). The average molecular weight is 572 g/mol. The third-order valence-electron chi connectivity index (χ3n) is 6.55. The number of benzene rings is 2. The van der Waals surface area contributed by atoms with Gasteiger partial charge in [-0.25, -0.2) is 17.6 Å². The molecule has 0 aromatic heterocycles. The van der Waals surface area contributed by atoms with Gasteiger partial charge in [-0.1, -0.05) is 23.2 Å². The van der Waals surface area contributed by atoms with E-state index in [0.29, 0.717) is 24.9 Å². The highest BCUT2D eigenvalue weighted by atomic mass is 35.5. The van der Waals surface area contributed by atoms with Gasteiger partial charge in [0.25, 0.3) is 5.91 Å². The highest BCUT2D eigenvalue weighted by Gasteiger charge is 2.45. The van der Waals surface area contributed by atoms with E-state index in [1.807, 2.05) is 0 Å². The second-order valence-corrected chi connectivity index (χ2v) is 11.9. The van der Waals surface area contributed by atoms with Gasteiger partial charge in [-0.05, 0) is 74.6 Å². The van der Waals surface area contributed by atoms with Crippen LogP contribution < -0.4 is 16.4 Å². The van der Waals surface area contributed by atoms with Gasteiger partial charge in [-0.2, -0.15) is 4.31 Å². The van der Waals surface area contributed by atoms with Gasteiger partial charge in [0.05, 0.1) is 14.9 Å². The molecule has 200 valence electrons. The number of sulfonamides is 1. The maximum Gasteiger partial charge on any atom is 0.323 e. The lowest BCUT2D eigenvalue weighted by molar-refractivity contribution is -0.131. The molecule has 1 aliphatic carbocycles. The minimum atomic E-state index is -4.25. The normalized spacial score (nSPS) is 22.9. The minimum absolute atomic E-state index is 0.0105. The quantitative estimate of drug-likeness (QED) is 0.503. The van der Waals surface area contributed by atoms with Gasteiger partial charge in [0.15, 0.2) is 6.17 Å². The van der Waals surface area contributed by atoms with Gasteiger partial charge in [-0.3, -0.25) is 9.69 Å². The molecule has 1 saturated heterocycles. The smallest absolute Gasteiger partial charge is 0.323 e. The standard InChI is InChI=1S/C24H28Cl2FN5O4S/c25-20-11-10-19(14-21(20)26)37(35,36)32-13-1-12-31(24(34)30-18-6-2-15(27)3-7-18)23(32)22(33)29-17-8-4-16(28)5-9-17/h2-3,6-7,10-11,14,16-17,23H,1,4-5,8-9,12-13,28H2,(H,29,33)(H,30,34). The first-order valence-corrected chi connectivity index (χ1v) is 14.1. The molecule has 3 amide bonds. The fraction of sp³-hybridized carbons (Fsp3) is 0.417. The van der Waals surface area contributed by atoms with Crippen LogP contribution in [0.2, 0.25) is 10.0 Å². The molecule has 4 N–H and O–H groups in total. The molecule has 0 radical (unpaired) electrons. The van der Waals surface area contributed by atoms with E-state index in [0.717, 1.165) is 17.1 Å².